The third-order valence-electron chi connectivity index (χ3n) is 4.73. The highest BCUT2D eigenvalue weighted by atomic mass is 35.5. The fourth-order valence-electron chi connectivity index (χ4n) is 3.64. The quantitative estimate of drug-likeness (QED) is 0.662. The van der Waals surface area contributed by atoms with Crippen molar-refractivity contribution in [3.63, 3.8) is 0 Å². The Morgan fingerprint density at radius 1 is 1.17 bits per heavy atom. The SMILES string of the molecule is NOC(=O)C1C(OCc2ccc(Cl)c(Cl)c2)C(O)C2C(C(=O)O)C12. The van der Waals surface area contributed by atoms with E-state index >= 15 is 0 Å². The molecule has 0 saturated heterocycles. The third-order valence-corrected chi connectivity index (χ3v) is 5.47. The molecule has 0 bridgehead atoms. The second-order valence-corrected chi connectivity index (χ2v) is 6.81. The van der Waals surface area contributed by atoms with E-state index in [9.17, 15) is 14.7 Å². The average molecular weight is 376 g/mol. The number of carboxylic acids is 1. The van der Waals surface area contributed by atoms with Gasteiger partial charge in [-0.2, -0.15) is 5.90 Å². The van der Waals surface area contributed by atoms with Gasteiger partial charge in [0.05, 0.1) is 40.7 Å². The van der Waals surface area contributed by atoms with Crippen LogP contribution in [0.5, 0.6) is 0 Å². The van der Waals surface area contributed by atoms with Crippen molar-refractivity contribution in [2.45, 2.75) is 18.8 Å². The van der Waals surface area contributed by atoms with Crippen molar-refractivity contribution in [2.75, 3.05) is 0 Å². The molecule has 24 heavy (non-hydrogen) atoms. The standard InChI is InChI=1S/C15H15Cl2NO6/c16-6-2-1-5(3-7(6)17)4-23-13-11(15(22)24-18)8-9(12(13)19)10(8)14(20)21/h1-3,8-13,19H,4,18H2,(H,20,21). The highest BCUT2D eigenvalue weighted by Crippen LogP contribution is 2.61. The Morgan fingerprint density at radius 2 is 1.88 bits per heavy atom. The van der Waals surface area contributed by atoms with E-state index in [-0.39, 0.29) is 6.61 Å². The first-order chi connectivity index (χ1) is 11.4. The number of aliphatic hydroxyl groups excluding tert-OH is 1. The number of ether oxygens (including phenoxy) is 1. The predicted molar refractivity (Wildman–Crippen MR) is 82.9 cm³/mol. The maximum atomic E-state index is 11.9. The fourth-order valence-corrected chi connectivity index (χ4v) is 3.96. The maximum absolute atomic E-state index is 11.9. The number of fused-ring (bicyclic) bond motifs is 1. The molecule has 1 aromatic rings. The van der Waals surface area contributed by atoms with Crippen molar-refractivity contribution in [3.8, 4) is 0 Å². The molecule has 0 radical (unpaired) electrons. The van der Waals surface area contributed by atoms with E-state index in [4.69, 9.17) is 38.9 Å². The van der Waals surface area contributed by atoms with Gasteiger partial charge in [-0.15, -0.1) is 0 Å². The van der Waals surface area contributed by atoms with Crippen LogP contribution < -0.4 is 5.90 Å². The second-order valence-electron chi connectivity index (χ2n) is 6.00. The Hall–Kier alpha value is -1.38. The van der Waals surface area contributed by atoms with E-state index in [2.05, 4.69) is 4.84 Å². The zero-order chi connectivity index (χ0) is 17.6. The molecule has 130 valence electrons. The third kappa shape index (κ3) is 2.87. The molecule has 0 aliphatic heterocycles. The monoisotopic (exact) mass is 375 g/mol. The number of halogens is 2. The summed E-state index contributed by atoms with van der Waals surface area (Å²) in [5.74, 6) is 0.325. The van der Waals surface area contributed by atoms with Gasteiger partial charge in [0.1, 0.15) is 0 Å². The van der Waals surface area contributed by atoms with Gasteiger partial charge >= 0.3 is 11.9 Å². The van der Waals surface area contributed by atoms with Crippen molar-refractivity contribution in [3.05, 3.63) is 33.8 Å². The van der Waals surface area contributed by atoms with Crippen molar-refractivity contribution in [1.82, 2.24) is 0 Å². The number of hydrogen-bond acceptors (Lipinski definition) is 6. The maximum Gasteiger partial charge on any atom is 0.330 e. The summed E-state index contributed by atoms with van der Waals surface area (Å²) >= 11 is 11.8. The molecule has 6 atom stereocenters. The number of carbonyl (C=O) groups is 2. The smallest absolute Gasteiger partial charge is 0.330 e. The lowest BCUT2D eigenvalue weighted by atomic mass is 9.95. The minimum absolute atomic E-state index is 0.0736. The zero-order valence-electron chi connectivity index (χ0n) is 12.3. The first-order valence-electron chi connectivity index (χ1n) is 7.23. The normalized spacial score (nSPS) is 33.8. The van der Waals surface area contributed by atoms with E-state index < -0.39 is 47.8 Å². The van der Waals surface area contributed by atoms with Crippen LogP contribution >= 0.6 is 23.2 Å². The summed E-state index contributed by atoms with van der Waals surface area (Å²) in [5, 5.41) is 20.2. The Kier molecular flexibility index (Phi) is 4.72. The number of rotatable bonds is 5. The number of aliphatic hydroxyl groups is 1. The fraction of sp³-hybridized carbons (Fsp3) is 0.467. The Balaban J connectivity index is 1.73. The van der Waals surface area contributed by atoms with Crippen molar-refractivity contribution in [2.24, 2.45) is 29.6 Å². The number of carbonyl (C=O) groups excluding carboxylic acids is 1. The lowest BCUT2D eigenvalue weighted by Gasteiger charge is -2.25. The Morgan fingerprint density at radius 3 is 2.46 bits per heavy atom. The molecule has 4 N–H and O–H groups in total. The van der Waals surface area contributed by atoms with Crippen LogP contribution in [0.2, 0.25) is 10.0 Å². The molecule has 7 nitrogen and oxygen atoms in total. The summed E-state index contributed by atoms with van der Waals surface area (Å²) in [6, 6.07) is 4.92. The van der Waals surface area contributed by atoms with E-state index in [0.717, 1.165) is 0 Å². The lowest BCUT2D eigenvalue weighted by Crippen LogP contribution is -2.40. The molecule has 0 spiro atoms. The van der Waals surface area contributed by atoms with Gasteiger partial charge in [0, 0.05) is 5.92 Å². The van der Waals surface area contributed by atoms with Crippen LogP contribution in [0, 0.1) is 23.7 Å². The first-order valence-corrected chi connectivity index (χ1v) is 7.99. The number of aliphatic carboxylic acids is 1. The topological polar surface area (TPSA) is 119 Å². The molecule has 9 heteroatoms. The molecule has 0 heterocycles. The second kappa shape index (κ2) is 6.50. The molecule has 2 aliphatic carbocycles. The Bertz CT molecular complexity index is 684. The van der Waals surface area contributed by atoms with Crippen molar-refractivity contribution in [1.29, 1.82) is 0 Å². The van der Waals surface area contributed by atoms with Gasteiger partial charge in [0.2, 0.25) is 0 Å². The van der Waals surface area contributed by atoms with Gasteiger partial charge in [-0.3, -0.25) is 4.79 Å². The van der Waals surface area contributed by atoms with Gasteiger partial charge in [0.15, 0.2) is 0 Å². The molecular formula is C15H15Cl2NO6. The van der Waals surface area contributed by atoms with Gasteiger partial charge < -0.3 is 19.8 Å². The van der Waals surface area contributed by atoms with Gasteiger partial charge in [0.25, 0.3) is 0 Å². The molecule has 1 aromatic carbocycles. The largest absolute Gasteiger partial charge is 0.481 e. The Labute approximate surface area is 147 Å². The van der Waals surface area contributed by atoms with Gasteiger partial charge in [-0.25, -0.2) is 4.79 Å². The average Bonchev–Trinajstić information content (AvgIpc) is 3.22. The zero-order valence-corrected chi connectivity index (χ0v) is 13.8. The van der Waals surface area contributed by atoms with Crippen LogP contribution in [-0.4, -0.2) is 34.4 Å². The molecule has 0 aromatic heterocycles. The molecule has 2 aliphatic rings. The van der Waals surface area contributed by atoms with Crippen LogP contribution in [0.15, 0.2) is 18.2 Å². The number of hydrogen-bond donors (Lipinski definition) is 3. The van der Waals surface area contributed by atoms with Crippen LogP contribution in [0.1, 0.15) is 5.56 Å². The summed E-state index contributed by atoms with van der Waals surface area (Å²) in [4.78, 5) is 27.3. The van der Waals surface area contributed by atoms with Crippen LogP contribution in [0.25, 0.3) is 0 Å². The van der Waals surface area contributed by atoms with Crippen LogP contribution in [0.3, 0.4) is 0 Å². The lowest BCUT2D eigenvalue weighted by molar-refractivity contribution is -0.160. The first kappa shape index (κ1) is 17.4. The van der Waals surface area contributed by atoms with E-state index in [1.165, 1.54) is 0 Å². The summed E-state index contributed by atoms with van der Waals surface area (Å²) in [6.45, 7) is 0.0736. The number of carboxylic acid groups (broad SMARTS) is 1. The van der Waals surface area contributed by atoms with E-state index in [0.29, 0.717) is 15.6 Å². The summed E-state index contributed by atoms with van der Waals surface area (Å²) < 4.78 is 5.66. The number of benzene rings is 1. The van der Waals surface area contributed by atoms with Crippen molar-refractivity contribution >= 4 is 35.1 Å². The van der Waals surface area contributed by atoms with Crippen LogP contribution in [0.4, 0.5) is 0 Å². The molecule has 0 amide bonds. The molecule has 3 rings (SSSR count). The van der Waals surface area contributed by atoms with Crippen molar-refractivity contribution < 1.29 is 29.4 Å². The minimum Gasteiger partial charge on any atom is -0.481 e. The molecule has 2 fully saturated rings. The minimum atomic E-state index is -1.08. The molecular weight excluding hydrogens is 361 g/mol. The molecule has 2 saturated carbocycles. The number of nitrogens with two attached hydrogens (primary N) is 1. The summed E-state index contributed by atoms with van der Waals surface area (Å²) in [7, 11) is 0. The molecule has 6 unspecified atom stereocenters. The van der Waals surface area contributed by atoms with Gasteiger partial charge in [-0.05, 0) is 23.6 Å². The van der Waals surface area contributed by atoms with E-state index in [1.54, 1.807) is 18.2 Å². The predicted octanol–water partition coefficient (Wildman–Crippen LogP) is 1.23. The summed E-state index contributed by atoms with van der Waals surface area (Å²) in [6.07, 6.45) is -1.97. The highest BCUT2D eigenvalue weighted by Gasteiger charge is 2.72. The van der Waals surface area contributed by atoms with E-state index in [1.807, 2.05) is 0 Å². The van der Waals surface area contributed by atoms with Gasteiger partial charge in [-0.1, -0.05) is 29.3 Å². The highest BCUT2D eigenvalue weighted by molar-refractivity contribution is 6.42. The summed E-state index contributed by atoms with van der Waals surface area (Å²) in [5.41, 5.74) is 0.701. The van der Waals surface area contributed by atoms with Crippen LogP contribution in [-0.2, 0) is 25.8 Å².